The van der Waals surface area contributed by atoms with Crippen LogP contribution in [0.4, 0.5) is 0 Å². The van der Waals surface area contributed by atoms with Crippen LogP contribution in [0.15, 0.2) is 0 Å². The van der Waals surface area contributed by atoms with Gasteiger partial charge in [0.15, 0.2) is 0 Å². The molecule has 2 nitrogen and oxygen atoms in total. The lowest BCUT2D eigenvalue weighted by molar-refractivity contribution is 0.136. The molecule has 1 heterocycles. The molecule has 1 N–H and O–H groups in total. The lowest BCUT2D eigenvalue weighted by Gasteiger charge is -2.36. The van der Waals surface area contributed by atoms with Crippen molar-refractivity contribution < 1.29 is 0 Å². The molecule has 1 rings (SSSR count). The maximum absolute atomic E-state index is 3.64. The van der Waals surface area contributed by atoms with Crippen LogP contribution in [0.3, 0.4) is 0 Å². The van der Waals surface area contributed by atoms with E-state index in [1.807, 2.05) is 0 Å². The maximum Gasteiger partial charge on any atom is 0.0123 e. The first-order chi connectivity index (χ1) is 7.44. The molecule has 0 aromatic rings. The molecule has 0 spiro atoms. The molecule has 1 aliphatic heterocycles. The highest BCUT2D eigenvalue weighted by molar-refractivity contribution is 4.78. The average Bonchev–Trinajstić information content (AvgIpc) is 2.23. The zero-order valence-electron chi connectivity index (χ0n) is 11.8. The lowest BCUT2D eigenvalue weighted by atomic mass is 9.89. The molecular weight excluding hydrogens is 196 g/mol. The molecule has 0 saturated carbocycles. The zero-order valence-corrected chi connectivity index (χ0v) is 11.8. The lowest BCUT2D eigenvalue weighted by Crippen LogP contribution is -2.46. The van der Waals surface area contributed by atoms with Gasteiger partial charge in [0, 0.05) is 25.2 Å². The summed E-state index contributed by atoms with van der Waals surface area (Å²) in [4.78, 5) is 2.61. The molecule has 16 heavy (non-hydrogen) atoms. The quantitative estimate of drug-likeness (QED) is 0.775. The predicted octanol–water partition coefficient (Wildman–Crippen LogP) is 2.74. The van der Waals surface area contributed by atoms with Crippen molar-refractivity contribution in [2.75, 3.05) is 26.2 Å². The summed E-state index contributed by atoms with van der Waals surface area (Å²) in [6.45, 7) is 16.5. The third-order valence-electron chi connectivity index (χ3n) is 4.33. The summed E-state index contributed by atoms with van der Waals surface area (Å²) in [5.74, 6) is 1.78. The van der Waals surface area contributed by atoms with Crippen molar-refractivity contribution in [3.63, 3.8) is 0 Å². The zero-order chi connectivity index (χ0) is 12.2. The number of hydrogen-bond acceptors (Lipinski definition) is 2. The molecule has 0 radical (unpaired) electrons. The number of nitrogens with one attached hydrogen (secondary N) is 1. The number of nitrogens with zero attached hydrogens (tertiary/aromatic N) is 1. The van der Waals surface area contributed by atoms with E-state index in [4.69, 9.17) is 0 Å². The molecule has 1 aliphatic rings. The molecule has 2 unspecified atom stereocenters. The summed E-state index contributed by atoms with van der Waals surface area (Å²) in [5.41, 5.74) is 0.300. The minimum atomic E-state index is 0.300. The summed E-state index contributed by atoms with van der Waals surface area (Å²) in [6.07, 6.45) is 2.57. The first kappa shape index (κ1) is 14.0. The van der Waals surface area contributed by atoms with Crippen molar-refractivity contribution in [2.45, 2.75) is 53.0 Å². The Kier molecular flexibility index (Phi) is 5.26. The van der Waals surface area contributed by atoms with Crippen LogP contribution in [0.1, 0.15) is 47.5 Å². The summed E-state index contributed by atoms with van der Waals surface area (Å²) in [6, 6.07) is 0. The Hall–Kier alpha value is -0.0800. The van der Waals surface area contributed by atoms with Crippen LogP contribution in [-0.2, 0) is 0 Å². The number of piperidine rings is 1. The summed E-state index contributed by atoms with van der Waals surface area (Å²) in [5, 5.41) is 3.64. The Morgan fingerprint density at radius 3 is 2.50 bits per heavy atom. The van der Waals surface area contributed by atoms with Crippen LogP contribution in [-0.4, -0.2) is 36.6 Å². The van der Waals surface area contributed by atoms with Crippen LogP contribution in [0.25, 0.3) is 0 Å². The molecule has 0 aliphatic carbocycles. The van der Waals surface area contributed by atoms with Crippen molar-refractivity contribution in [3.8, 4) is 0 Å². The van der Waals surface area contributed by atoms with Crippen molar-refractivity contribution in [3.05, 3.63) is 0 Å². The second-order valence-electron chi connectivity index (χ2n) is 6.21. The fraction of sp³-hybridized carbons (Fsp3) is 1.00. The van der Waals surface area contributed by atoms with Gasteiger partial charge < -0.3 is 10.2 Å². The van der Waals surface area contributed by atoms with Crippen LogP contribution in [0.2, 0.25) is 0 Å². The van der Waals surface area contributed by atoms with Gasteiger partial charge in [0.05, 0.1) is 0 Å². The Bertz CT molecular complexity index is 201. The van der Waals surface area contributed by atoms with Crippen molar-refractivity contribution in [1.82, 2.24) is 10.2 Å². The van der Waals surface area contributed by atoms with Crippen LogP contribution in [0.5, 0.6) is 0 Å². The van der Waals surface area contributed by atoms with Gasteiger partial charge in [-0.2, -0.15) is 0 Å². The van der Waals surface area contributed by atoms with Crippen LogP contribution >= 0.6 is 0 Å². The predicted molar refractivity (Wildman–Crippen MR) is 71.8 cm³/mol. The highest BCUT2D eigenvalue weighted by atomic mass is 15.2. The van der Waals surface area contributed by atoms with E-state index in [0.29, 0.717) is 5.54 Å². The van der Waals surface area contributed by atoms with Crippen LogP contribution in [0, 0.1) is 11.8 Å². The highest BCUT2D eigenvalue weighted by Crippen LogP contribution is 2.21. The van der Waals surface area contributed by atoms with E-state index in [1.54, 1.807) is 0 Å². The number of hydrogen-bond donors (Lipinski definition) is 1. The van der Waals surface area contributed by atoms with Crippen molar-refractivity contribution in [1.29, 1.82) is 0 Å². The number of likely N-dealkylation sites (tertiary alicyclic amines) is 1. The van der Waals surface area contributed by atoms with Gasteiger partial charge in [-0.05, 0) is 45.1 Å². The summed E-state index contributed by atoms with van der Waals surface area (Å²) >= 11 is 0. The fourth-order valence-corrected chi connectivity index (χ4v) is 2.23. The average molecular weight is 226 g/mol. The van der Waals surface area contributed by atoms with E-state index in [0.717, 1.165) is 18.4 Å². The molecule has 0 aromatic carbocycles. The van der Waals surface area contributed by atoms with Gasteiger partial charge in [-0.15, -0.1) is 0 Å². The number of rotatable bonds is 5. The monoisotopic (exact) mass is 226 g/mol. The van der Waals surface area contributed by atoms with E-state index in [-0.39, 0.29) is 0 Å². The molecule has 0 bridgehead atoms. The first-order valence-corrected chi connectivity index (χ1v) is 6.92. The maximum atomic E-state index is 3.64. The second-order valence-corrected chi connectivity index (χ2v) is 6.21. The van der Waals surface area contributed by atoms with Gasteiger partial charge in [-0.3, -0.25) is 0 Å². The van der Waals surface area contributed by atoms with Gasteiger partial charge in [0.2, 0.25) is 0 Å². The van der Waals surface area contributed by atoms with E-state index >= 15 is 0 Å². The summed E-state index contributed by atoms with van der Waals surface area (Å²) in [7, 11) is 0. The first-order valence-electron chi connectivity index (χ1n) is 6.92. The highest BCUT2D eigenvalue weighted by Gasteiger charge is 2.22. The van der Waals surface area contributed by atoms with Gasteiger partial charge in [0.1, 0.15) is 0 Å². The minimum absolute atomic E-state index is 0.300. The van der Waals surface area contributed by atoms with Crippen molar-refractivity contribution >= 4 is 0 Å². The third-order valence-corrected chi connectivity index (χ3v) is 4.33. The normalized spacial score (nSPS) is 28.3. The SMILES string of the molecule is CCC(C)(C)NCCN1CCC(C)C(C)C1. The van der Waals surface area contributed by atoms with Gasteiger partial charge in [0.25, 0.3) is 0 Å². The molecular formula is C14H30N2. The molecule has 0 aromatic heterocycles. The Balaban J connectivity index is 2.19. The molecule has 1 saturated heterocycles. The Morgan fingerprint density at radius 1 is 1.25 bits per heavy atom. The molecule has 2 heteroatoms. The smallest absolute Gasteiger partial charge is 0.0123 e. The molecule has 96 valence electrons. The topological polar surface area (TPSA) is 15.3 Å². The largest absolute Gasteiger partial charge is 0.311 e. The molecule has 1 fully saturated rings. The third kappa shape index (κ3) is 4.42. The van der Waals surface area contributed by atoms with Gasteiger partial charge in [-0.25, -0.2) is 0 Å². The van der Waals surface area contributed by atoms with Gasteiger partial charge in [-0.1, -0.05) is 20.8 Å². The van der Waals surface area contributed by atoms with E-state index in [1.165, 1.54) is 32.5 Å². The Labute approximate surface area is 102 Å². The molecule has 2 atom stereocenters. The van der Waals surface area contributed by atoms with Gasteiger partial charge >= 0.3 is 0 Å². The standard InChI is InChI=1S/C14H30N2/c1-6-14(4,5)15-8-10-16-9-7-12(2)13(3)11-16/h12-13,15H,6-11H2,1-5H3. The van der Waals surface area contributed by atoms with E-state index in [2.05, 4.69) is 44.8 Å². The fourth-order valence-electron chi connectivity index (χ4n) is 2.23. The van der Waals surface area contributed by atoms with E-state index < -0.39 is 0 Å². The van der Waals surface area contributed by atoms with Crippen molar-refractivity contribution in [2.24, 2.45) is 11.8 Å². The Morgan fingerprint density at radius 2 is 1.94 bits per heavy atom. The van der Waals surface area contributed by atoms with E-state index in [9.17, 15) is 0 Å². The second kappa shape index (κ2) is 6.02. The van der Waals surface area contributed by atoms with Crippen LogP contribution < -0.4 is 5.32 Å². The minimum Gasteiger partial charge on any atom is -0.311 e. The summed E-state index contributed by atoms with van der Waals surface area (Å²) < 4.78 is 0. The molecule has 0 amide bonds.